The van der Waals surface area contributed by atoms with E-state index in [4.69, 9.17) is 4.74 Å². The van der Waals surface area contributed by atoms with E-state index in [9.17, 15) is 24.3 Å². The molecule has 0 aliphatic carbocycles. The number of carbonyl (C=O) groups is 4. The molecule has 4 N–H and O–H groups in total. The highest BCUT2D eigenvalue weighted by Crippen LogP contribution is 2.29. The molecular weight excluding hydrogens is 715 g/mol. The number of nitrogens with zero attached hydrogens (tertiary/aromatic N) is 4. The molecule has 0 bridgehead atoms. The van der Waals surface area contributed by atoms with Gasteiger partial charge in [0.1, 0.15) is 11.8 Å². The lowest BCUT2D eigenvalue weighted by Gasteiger charge is -2.38. The molecule has 56 heavy (non-hydrogen) atoms. The lowest BCUT2D eigenvalue weighted by atomic mass is 9.84. The van der Waals surface area contributed by atoms with E-state index in [2.05, 4.69) is 25.8 Å². The number of hydrogen-bond acceptors (Lipinski definition) is 9. The third-order valence-electron chi connectivity index (χ3n) is 9.87. The maximum Gasteiger partial charge on any atom is 0.406 e. The fourth-order valence-electron chi connectivity index (χ4n) is 6.82. The number of pyridine rings is 1. The zero-order valence-corrected chi connectivity index (χ0v) is 34.0. The summed E-state index contributed by atoms with van der Waals surface area (Å²) in [7, 11) is 2.86. The van der Waals surface area contributed by atoms with Crippen LogP contribution in [0.25, 0.3) is 0 Å². The van der Waals surface area contributed by atoms with Gasteiger partial charge < -0.3 is 35.0 Å². The molecule has 1 aromatic heterocycles. The second-order valence-electron chi connectivity index (χ2n) is 16.3. The predicted octanol–water partition coefficient (Wildman–Crippen LogP) is 4.45. The summed E-state index contributed by atoms with van der Waals surface area (Å²) in [6.45, 7) is 13.1. The number of amides is 5. The molecule has 1 aliphatic heterocycles. The van der Waals surface area contributed by atoms with Gasteiger partial charge in [0, 0.05) is 58.1 Å². The molecule has 2 aromatic carbocycles. The van der Waals surface area contributed by atoms with E-state index in [1.54, 1.807) is 34.3 Å². The van der Waals surface area contributed by atoms with Crippen LogP contribution in [0, 0.1) is 17.8 Å². The van der Waals surface area contributed by atoms with Gasteiger partial charge in [0.2, 0.25) is 11.8 Å². The monoisotopic (exact) mass is 773 g/mol. The molecule has 14 heteroatoms. The van der Waals surface area contributed by atoms with Crippen molar-refractivity contribution in [2.75, 3.05) is 40.4 Å². The topological polar surface area (TPSA) is 166 Å². The van der Waals surface area contributed by atoms with Gasteiger partial charge in [-0.2, -0.15) is 0 Å². The van der Waals surface area contributed by atoms with Crippen LogP contribution in [0.3, 0.4) is 0 Å². The van der Waals surface area contributed by atoms with E-state index < -0.39 is 35.1 Å². The first-order valence-corrected chi connectivity index (χ1v) is 19.0. The van der Waals surface area contributed by atoms with Crippen LogP contribution in [0.1, 0.15) is 63.3 Å². The molecule has 0 radical (unpaired) electrons. The number of benzene rings is 2. The molecule has 0 saturated carbocycles. The number of nitrogens with one attached hydrogen (secondary N) is 3. The Kier molecular flexibility index (Phi) is 15.2. The zero-order chi connectivity index (χ0) is 41.0. The summed E-state index contributed by atoms with van der Waals surface area (Å²) in [5.74, 6) is -0.0247. The van der Waals surface area contributed by atoms with Crippen LogP contribution >= 0.6 is 0 Å². The molecule has 3 unspecified atom stereocenters. The van der Waals surface area contributed by atoms with Crippen molar-refractivity contribution in [2.24, 2.45) is 10.8 Å². The van der Waals surface area contributed by atoms with Crippen LogP contribution in [-0.4, -0.2) is 107 Å². The number of hydrazine groups is 1. The fraction of sp³-hybridized carbons (Fsp3) is 0.500. The summed E-state index contributed by atoms with van der Waals surface area (Å²) in [5.41, 5.74) is 5.42. The summed E-state index contributed by atoms with van der Waals surface area (Å²) in [5, 5.41) is 19.4. The summed E-state index contributed by atoms with van der Waals surface area (Å²) in [6, 6.07) is 17.0. The minimum absolute atomic E-state index is 0.0442. The molecule has 2 heterocycles. The van der Waals surface area contributed by atoms with Crippen molar-refractivity contribution in [1.82, 2.24) is 35.9 Å². The average molecular weight is 774 g/mol. The number of rotatable bonds is 18. The molecule has 5 amide bonds. The number of urea groups is 1. The van der Waals surface area contributed by atoms with Gasteiger partial charge in [0.25, 0.3) is 0 Å². The van der Waals surface area contributed by atoms with E-state index in [0.717, 1.165) is 22.3 Å². The maximum atomic E-state index is 14.5. The predicted molar refractivity (Wildman–Crippen MR) is 213 cm³/mol. The third kappa shape index (κ3) is 12.7. The van der Waals surface area contributed by atoms with Crippen molar-refractivity contribution in [3.8, 4) is 5.75 Å². The van der Waals surface area contributed by atoms with E-state index in [0.29, 0.717) is 31.8 Å². The Hall–Kier alpha value is -5.21. The van der Waals surface area contributed by atoms with Gasteiger partial charge >= 0.3 is 12.1 Å². The Balaban J connectivity index is 1.57. The molecule has 1 saturated heterocycles. The summed E-state index contributed by atoms with van der Waals surface area (Å²) in [6.07, 6.45) is 2.09. The van der Waals surface area contributed by atoms with Crippen molar-refractivity contribution in [2.45, 2.75) is 85.7 Å². The molecule has 3 atom stereocenters. The zero-order valence-electron chi connectivity index (χ0n) is 34.0. The highest BCUT2D eigenvalue weighted by molar-refractivity contribution is 5.89. The van der Waals surface area contributed by atoms with Gasteiger partial charge in [-0.05, 0) is 64.6 Å². The smallest absolute Gasteiger partial charge is 0.406 e. The molecule has 1 aliphatic rings. The molecule has 0 spiro atoms. The summed E-state index contributed by atoms with van der Waals surface area (Å²) < 4.78 is 10.0. The minimum atomic E-state index is -1.16. The van der Waals surface area contributed by atoms with Gasteiger partial charge in [-0.1, -0.05) is 77.1 Å². The number of aromatic nitrogens is 1. The Morgan fingerprint density at radius 2 is 1.66 bits per heavy atom. The molecule has 304 valence electrons. The second kappa shape index (κ2) is 19.6. The van der Waals surface area contributed by atoms with Crippen LogP contribution in [0.2, 0.25) is 0 Å². The number of aliphatic hydroxyl groups is 1. The largest absolute Gasteiger partial charge is 0.497 e. The molecule has 3 aromatic rings. The van der Waals surface area contributed by atoms with Crippen LogP contribution in [-0.2, 0) is 33.8 Å². The summed E-state index contributed by atoms with van der Waals surface area (Å²) in [4.78, 5) is 61.2. The summed E-state index contributed by atoms with van der Waals surface area (Å²) >= 11 is 0. The SMILES string of the molecule is COC(=O)NCC(C)(C)CC(=O)NN(Cc1ccc(OC)cc1)CC(O)C(Cc1ccccc1)NC(=O)C(N1CCN(Cc2cnccc2C)C1=O)C(C)(C)C. The molecular formula is C42H59N7O7. The van der Waals surface area contributed by atoms with E-state index in [1.165, 1.54) is 7.11 Å². The first-order chi connectivity index (χ1) is 26.5. The van der Waals surface area contributed by atoms with Gasteiger partial charge in [-0.15, -0.1) is 0 Å². The normalized spacial score (nSPS) is 14.9. The van der Waals surface area contributed by atoms with E-state index in [-0.39, 0.29) is 43.9 Å². The fourth-order valence-corrected chi connectivity index (χ4v) is 6.82. The lowest BCUT2D eigenvalue weighted by molar-refractivity contribution is -0.132. The third-order valence-corrected chi connectivity index (χ3v) is 9.87. The van der Waals surface area contributed by atoms with Crippen LogP contribution < -0.4 is 20.8 Å². The van der Waals surface area contributed by atoms with Gasteiger partial charge in [-0.25, -0.2) is 14.6 Å². The maximum absolute atomic E-state index is 14.5. The van der Waals surface area contributed by atoms with Crippen molar-refractivity contribution < 1.29 is 33.8 Å². The highest BCUT2D eigenvalue weighted by Gasteiger charge is 2.44. The van der Waals surface area contributed by atoms with Crippen molar-refractivity contribution in [3.05, 3.63) is 95.3 Å². The van der Waals surface area contributed by atoms with Crippen molar-refractivity contribution >= 4 is 23.9 Å². The van der Waals surface area contributed by atoms with Crippen LogP contribution in [0.15, 0.2) is 73.1 Å². The van der Waals surface area contributed by atoms with Gasteiger partial charge in [-0.3, -0.25) is 20.0 Å². The van der Waals surface area contributed by atoms with Crippen LogP contribution in [0.5, 0.6) is 5.75 Å². The number of aryl methyl sites for hydroxylation is 1. The Bertz CT molecular complexity index is 1760. The number of hydrogen-bond donors (Lipinski definition) is 4. The number of methoxy groups -OCH3 is 2. The Morgan fingerprint density at radius 1 is 0.964 bits per heavy atom. The first kappa shape index (κ1) is 43.5. The van der Waals surface area contributed by atoms with Crippen molar-refractivity contribution in [1.29, 1.82) is 0 Å². The van der Waals surface area contributed by atoms with Crippen molar-refractivity contribution in [3.63, 3.8) is 0 Å². The lowest BCUT2D eigenvalue weighted by Crippen LogP contribution is -2.59. The number of aliphatic hydroxyl groups excluding tert-OH is 1. The second-order valence-corrected chi connectivity index (χ2v) is 16.3. The quantitative estimate of drug-likeness (QED) is 0.137. The number of ether oxygens (including phenoxy) is 2. The van der Waals surface area contributed by atoms with Crippen LogP contribution in [0.4, 0.5) is 9.59 Å². The standard InChI is InChI=1S/C42H59N7O7/c1-29-18-19-43-24-32(29)26-47-20-21-49(40(47)54)37(41(2,3)4)38(52)45-34(22-30-12-10-9-11-13-30)35(50)27-48(25-31-14-16-33(55-7)17-15-31)46-36(51)23-42(5,6)28-44-39(53)56-8/h9-19,24,34-35,37,50H,20-23,25-28H2,1-8H3,(H,44,53)(H,45,52)(H,46,51). The Morgan fingerprint density at radius 3 is 2.29 bits per heavy atom. The first-order valence-electron chi connectivity index (χ1n) is 19.0. The molecule has 1 fully saturated rings. The highest BCUT2D eigenvalue weighted by atomic mass is 16.5. The number of carbonyl (C=O) groups excluding carboxylic acids is 4. The van der Waals surface area contributed by atoms with Gasteiger partial charge in [0.05, 0.1) is 26.4 Å². The average Bonchev–Trinajstić information content (AvgIpc) is 3.49. The molecule has 14 nitrogen and oxygen atoms in total. The van der Waals surface area contributed by atoms with E-state index >= 15 is 0 Å². The minimum Gasteiger partial charge on any atom is -0.497 e. The Labute approximate surface area is 330 Å². The molecule has 4 rings (SSSR count). The van der Waals surface area contributed by atoms with E-state index in [1.807, 2.05) is 102 Å². The number of alkyl carbamates (subject to hydrolysis) is 1. The van der Waals surface area contributed by atoms with Gasteiger partial charge in [0.15, 0.2) is 0 Å².